The molecule has 0 saturated carbocycles. The first-order chi connectivity index (χ1) is 8.14. The van der Waals surface area contributed by atoms with Gasteiger partial charge < -0.3 is 0 Å². The lowest BCUT2D eigenvalue weighted by molar-refractivity contribution is 0.737. The van der Waals surface area contributed by atoms with Crippen LogP contribution >= 0.6 is 35.0 Å². The average Bonchev–Trinajstić information content (AvgIpc) is 2.29. The molecule has 3 heteroatoms. The van der Waals surface area contributed by atoms with E-state index in [1.165, 1.54) is 24.6 Å². The molecule has 92 valence electrons. The van der Waals surface area contributed by atoms with Crippen molar-refractivity contribution in [2.75, 3.05) is 0 Å². The highest BCUT2D eigenvalue weighted by Gasteiger charge is 2.21. The summed E-state index contributed by atoms with van der Waals surface area (Å²) in [4.78, 5) is 1.03. The van der Waals surface area contributed by atoms with Crippen molar-refractivity contribution in [3.05, 3.63) is 30.3 Å². The van der Waals surface area contributed by atoms with Crippen molar-refractivity contribution in [1.29, 1.82) is 0 Å². The van der Waals surface area contributed by atoms with Crippen molar-refractivity contribution in [3.8, 4) is 11.8 Å². The first-order valence-electron chi connectivity index (χ1n) is 5.76. The number of hydrogen-bond acceptors (Lipinski definition) is 1. The zero-order chi connectivity index (χ0) is 12.6. The van der Waals surface area contributed by atoms with Crippen LogP contribution in [0.25, 0.3) is 0 Å². The average molecular weight is 287 g/mol. The molecule has 0 bridgehead atoms. The van der Waals surface area contributed by atoms with Gasteiger partial charge in [0, 0.05) is 11.3 Å². The molecule has 0 aromatic heterocycles. The highest BCUT2D eigenvalue weighted by molar-refractivity contribution is 8.03. The molecule has 0 amide bonds. The van der Waals surface area contributed by atoms with Crippen molar-refractivity contribution in [1.82, 2.24) is 0 Å². The van der Waals surface area contributed by atoms with Gasteiger partial charge in [0.2, 0.25) is 3.67 Å². The monoisotopic (exact) mass is 286 g/mol. The maximum absolute atomic E-state index is 6.14. The summed E-state index contributed by atoms with van der Waals surface area (Å²) < 4.78 is -1.05. The van der Waals surface area contributed by atoms with E-state index in [4.69, 9.17) is 23.2 Å². The second-order valence-electron chi connectivity index (χ2n) is 3.69. The Kier molecular flexibility index (Phi) is 6.89. The fourth-order valence-electron chi connectivity index (χ4n) is 1.29. The molecular weight excluding hydrogens is 271 g/mol. The van der Waals surface area contributed by atoms with Crippen LogP contribution in [0.2, 0.25) is 0 Å². The highest BCUT2D eigenvalue weighted by Crippen LogP contribution is 2.39. The molecule has 0 nitrogen and oxygen atoms in total. The number of benzene rings is 1. The van der Waals surface area contributed by atoms with Crippen LogP contribution in [0, 0.1) is 11.8 Å². The molecule has 1 rings (SSSR count). The van der Waals surface area contributed by atoms with E-state index >= 15 is 0 Å². The SMILES string of the molecule is CCCCCC#CC(Cl)(Cl)Sc1ccccc1. The van der Waals surface area contributed by atoms with Crippen LogP contribution in [0.4, 0.5) is 0 Å². The van der Waals surface area contributed by atoms with Crippen LogP contribution in [0.5, 0.6) is 0 Å². The van der Waals surface area contributed by atoms with Crippen LogP contribution in [-0.2, 0) is 0 Å². The normalized spacial score (nSPS) is 10.8. The largest absolute Gasteiger partial charge is 0.228 e. The summed E-state index contributed by atoms with van der Waals surface area (Å²) in [6, 6.07) is 9.83. The maximum atomic E-state index is 6.14. The zero-order valence-corrected chi connectivity index (χ0v) is 12.2. The summed E-state index contributed by atoms with van der Waals surface area (Å²) in [6.45, 7) is 2.17. The molecule has 0 spiro atoms. The van der Waals surface area contributed by atoms with Crippen molar-refractivity contribution in [3.63, 3.8) is 0 Å². The fraction of sp³-hybridized carbons (Fsp3) is 0.429. The van der Waals surface area contributed by atoms with Crippen molar-refractivity contribution < 1.29 is 0 Å². The van der Waals surface area contributed by atoms with Crippen molar-refractivity contribution in [2.45, 2.75) is 41.2 Å². The van der Waals surface area contributed by atoms with Gasteiger partial charge in [0.15, 0.2) is 0 Å². The Morgan fingerprint density at radius 3 is 2.53 bits per heavy atom. The molecule has 0 aliphatic carbocycles. The van der Waals surface area contributed by atoms with E-state index in [-0.39, 0.29) is 0 Å². The van der Waals surface area contributed by atoms with Gasteiger partial charge in [-0.15, -0.1) is 0 Å². The van der Waals surface area contributed by atoms with Gasteiger partial charge in [0.05, 0.1) is 0 Å². The van der Waals surface area contributed by atoms with Gasteiger partial charge in [-0.3, -0.25) is 0 Å². The molecule has 17 heavy (non-hydrogen) atoms. The van der Waals surface area contributed by atoms with E-state index < -0.39 is 3.67 Å². The summed E-state index contributed by atoms with van der Waals surface area (Å²) in [7, 11) is 0. The quantitative estimate of drug-likeness (QED) is 0.298. The van der Waals surface area contributed by atoms with Gasteiger partial charge in [-0.05, 0) is 18.6 Å². The minimum atomic E-state index is -1.05. The third kappa shape index (κ3) is 6.88. The molecule has 0 unspecified atom stereocenters. The summed E-state index contributed by atoms with van der Waals surface area (Å²) in [6.07, 6.45) is 4.39. The van der Waals surface area contributed by atoms with Gasteiger partial charge >= 0.3 is 0 Å². The van der Waals surface area contributed by atoms with Crippen molar-refractivity contribution >= 4 is 35.0 Å². The Balaban J connectivity index is 2.45. The third-order valence-corrected chi connectivity index (χ3v) is 3.65. The lowest BCUT2D eigenvalue weighted by Gasteiger charge is -2.11. The molecule has 0 N–H and O–H groups in total. The Morgan fingerprint density at radius 1 is 1.18 bits per heavy atom. The van der Waals surface area contributed by atoms with Crippen molar-refractivity contribution in [2.24, 2.45) is 0 Å². The first-order valence-corrected chi connectivity index (χ1v) is 7.33. The summed E-state index contributed by atoms with van der Waals surface area (Å²) in [5.74, 6) is 5.96. The van der Waals surface area contributed by atoms with E-state index in [1.54, 1.807) is 0 Å². The molecule has 0 saturated heterocycles. The zero-order valence-electron chi connectivity index (χ0n) is 9.88. The van der Waals surface area contributed by atoms with Gasteiger partial charge in [-0.1, -0.05) is 84.8 Å². The van der Waals surface area contributed by atoms with Gasteiger partial charge in [-0.2, -0.15) is 0 Å². The number of unbranched alkanes of at least 4 members (excludes halogenated alkanes) is 3. The minimum absolute atomic E-state index is 0.865. The molecule has 1 aromatic carbocycles. The fourth-order valence-corrected chi connectivity index (χ4v) is 2.67. The van der Waals surface area contributed by atoms with E-state index in [2.05, 4.69) is 18.8 Å². The van der Waals surface area contributed by atoms with Crippen LogP contribution in [-0.4, -0.2) is 3.67 Å². The predicted octanol–water partition coefficient (Wildman–Crippen LogP) is 5.49. The van der Waals surface area contributed by atoms with E-state index in [0.717, 1.165) is 17.7 Å². The number of hydrogen-bond donors (Lipinski definition) is 0. The Hall–Kier alpha value is -0.290. The molecule has 0 aliphatic rings. The summed E-state index contributed by atoms with van der Waals surface area (Å²) in [5, 5.41) is 0. The smallest absolute Gasteiger partial charge is 0.0992 e. The minimum Gasteiger partial charge on any atom is -0.0992 e. The van der Waals surface area contributed by atoms with E-state index in [0.29, 0.717) is 0 Å². The molecule has 0 atom stereocenters. The molecule has 0 aliphatic heterocycles. The standard InChI is InChI=1S/C14H16Cl2S/c1-2-3-4-5-9-12-14(15,16)17-13-10-7-6-8-11-13/h6-8,10-11H,2-5H2,1H3. The van der Waals surface area contributed by atoms with Gasteiger partial charge in [0.25, 0.3) is 0 Å². The van der Waals surface area contributed by atoms with Crippen LogP contribution in [0.15, 0.2) is 35.2 Å². The second kappa shape index (κ2) is 7.93. The highest BCUT2D eigenvalue weighted by atomic mass is 35.5. The van der Waals surface area contributed by atoms with Gasteiger partial charge in [0.1, 0.15) is 0 Å². The number of alkyl halides is 2. The molecular formula is C14H16Cl2S. The lowest BCUT2D eigenvalue weighted by atomic mass is 10.2. The lowest BCUT2D eigenvalue weighted by Crippen LogP contribution is -2.01. The first kappa shape index (κ1) is 14.8. The number of rotatable bonds is 5. The third-order valence-electron chi connectivity index (χ3n) is 2.13. The molecule has 1 aromatic rings. The number of thioether (sulfide) groups is 1. The summed E-state index contributed by atoms with van der Waals surface area (Å²) >= 11 is 13.6. The second-order valence-corrected chi connectivity index (χ2v) is 6.75. The molecule has 0 fully saturated rings. The predicted molar refractivity (Wildman–Crippen MR) is 78.7 cm³/mol. The van der Waals surface area contributed by atoms with Crippen LogP contribution in [0.1, 0.15) is 32.6 Å². The van der Waals surface area contributed by atoms with E-state index in [9.17, 15) is 0 Å². The maximum Gasteiger partial charge on any atom is 0.228 e. The van der Waals surface area contributed by atoms with E-state index in [1.807, 2.05) is 30.3 Å². The topological polar surface area (TPSA) is 0 Å². The van der Waals surface area contributed by atoms with Crippen LogP contribution < -0.4 is 0 Å². The number of halogens is 2. The Morgan fingerprint density at radius 2 is 1.88 bits per heavy atom. The molecule has 0 radical (unpaired) electrons. The molecule has 0 heterocycles. The van der Waals surface area contributed by atoms with Gasteiger partial charge in [-0.25, -0.2) is 0 Å². The Labute approximate surface area is 118 Å². The summed E-state index contributed by atoms with van der Waals surface area (Å²) in [5.41, 5.74) is 0. The Bertz CT molecular complexity index is 376. The van der Waals surface area contributed by atoms with Crippen LogP contribution in [0.3, 0.4) is 0 Å².